The SMILES string of the molecule is CCCc1ccc(C(N)C2(c3ccccc3)CC2)cc1. The number of hydrogen-bond donors (Lipinski definition) is 1. The Morgan fingerprint density at radius 3 is 2.20 bits per heavy atom. The van der Waals surface area contributed by atoms with Crippen LogP contribution in [0.3, 0.4) is 0 Å². The Balaban J connectivity index is 1.83. The van der Waals surface area contributed by atoms with Gasteiger partial charge in [-0.25, -0.2) is 0 Å². The van der Waals surface area contributed by atoms with E-state index in [0.717, 1.165) is 6.42 Å². The van der Waals surface area contributed by atoms with Crippen LogP contribution in [0.2, 0.25) is 0 Å². The van der Waals surface area contributed by atoms with Crippen LogP contribution in [0.5, 0.6) is 0 Å². The van der Waals surface area contributed by atoms with Gasteiger partial charge in [0, 0.05) is 11.5 Å². The molecule has 0 radical (unpaired) electrons. The van der Waals surface area contributed by atoms with Crippen molar-refractivity contribution in [2.24, 2.45) is 5.73 Å². The third-order valence-electron chi connectivity index (χ3n) is 4.61. The minimum absolute atomic E-state index is 0.112. The molecule has 1 nitrogen and oxygen atoms in total. The van der Waals surface area contributed by atoms with E-state index in [9.17, 15) is 0 Å². The Bertz CT molecular complexity index is 552. The van der Waals surface area contributed by atoms with Gasteiger partial charge in [-0.1, -0.05) is 67.9 Å². The molecule has 2 aromatic carbocycles. The third kappa shape index (κ3) is 2.38. The topological polar surface area (TPSA) is 26.0 Å². The molecular formula is C19H23N. The molecule has 1 unspecified atom stereocenters. The summed E-state index contributed by atoms with van der Waals surface area (Å²) in [7, 11) is 0. The van der Waals surface area contributed by atoms with E-state index in [1.807, 2.05) is 0 Å². The average molecular weight is 265 g/mol. The predicted molar refractivity (Wildman–Crippen MR) is 84.7 cm³/mol. The fourth-order valence-electron chi connectivity index (χ4n) is 3.18. The van der Waals surface area contributed by atoms with E-state index < -0.39 is 0 Å². The number of nitrogens with two attached hydrogens (primary N) is 1. The standard InChI is InChI=1S/C19H23N/c1-2-6-15-9-11-16(12-10-15)18(20)19(13-14-19)17-7-4-3-5-8-17/h3-5,7-12,18H,2,6,13-14,20H2,1H3. The Labute approximate surface area is 121 Å². The molecule has 1 atom stereocenters. The minimum Gasteiger partial charge on any atom is -0.323 e. The van der Waals surface area contributed by atoms with Gasteiger partial charge in [-0.2, -0.15) is 0 Å². The zero-order valence-electron chi connectivity index (χ0n) is 12.2. The van der Waals surface area contributed by atoms with Crippen molar-refractivity contribution < 1.29 is 0 Å². The van der Waals surface area contributed by atoms with Crippen LogP contribution in [0.15, 0.2) is 54.6 Å². The van der Waals surface area contributed by atoms with Gasteiger partial charge in [0.15, 0.2) is 0 Å². The maximum atomic E-state index is 6.59. The summed E-state index contributed by atoms with van der Waals surface area (Å²) in [6.07, 6.45) is 4.75. The van der Waals surface area contributed by atoms with Crippen LogP contribution in [0, 0.1) is 0 Å². The first-order valence-electron chi connectivity index (χ1n) is 7.66. The van der Waals surface area contributed by atoms with Crippen molar-refractivity contribution in [1.82, 2.24) is 0 Å². The lowest BCUT2D eigenvalue weighted by atomic mass is 9.84. The number of aryl methyl sites for hydroxylation is 1. The lowest BCUT2D eigenvalue weighted by molar-refractivity contribution is 0.541. The molecule has 20 heavy (non-hydrogen) atoms. The summed E-state index contributed by atoms with van der Waals surface area (Å²) in [5.41, 5.74) is 10.8. The summed E-state index contributed by atoms with van der Waals surface area (Å²) in [5.74, 6) is 0. The van der Waals surface area contributed by atoms with E-state index in [1.165, 1.54) is 36.0 Å². The van der Waals surface area contributed by atoms with Crippen LogP contribution in [0.4, 0.5) is 0 Å². The second-order valence-electron chi connectivity index (χ2n) is 5.99. The molecule has 0 amide bonds. The van der Waals surface area contributed by atoms with Gasteiger partial charge in [0.2, 0.25) is 0 Å². The summed E-state index contributed by atoms with van der Waals surface area (Å²) in [6, 6.07) is 19.8. The van der Waals surface area contributed by atoms with Gasteiger partial charge in [0.1, 0.15) is 0 Å². The molecule has 1 fully saturated rings. The van der Waals surface area contributed by atoms with Crippen molar-refractivity contribution in [1.29, 1.82) is 0 Å². The Morgan fingerprint density at radius 2 is 1.65 bits per heavy atom. The Kier molecular flexibility index (Phi) is 3.62. The van der Waals surface area contributed by atoms with Crippen LogP contribution in [-0.2, 0) is 11.8 Å². The molecule has 1 saturated carbocycles. The first kappa shape index (κ1) is 13.4. The molecule has 1 aliphatic carbocycles. The first-order valence-corrected chi connectivity index (χ1v) is 7.66. The van der Waals surface area contributed by atoms with E-state index in [1.54, 1.807) is 0 Å². The third-order valence-corrected chi connectivity index (χ3v) is 4.61. The molecule has 0 saturated heterocycles. The number of benzene rings is 2. The van der Waals surface area contributed by atoms with Crippen molar-refractivity contribution in [2.45, 2.75) is 44.1 Å². The lowest BCUT2D eigenvalue weighted by Gasteiger charge is -2.24. The largest absolute Gasteiger partial charge is 0.323 e. The zero-order valence-corrected chi connectivity index (χ0v) is 12.2. The summed E-state index contributed by atoms with van der Waals surface area (Å²) < 4.78 is 0. The van der Waals surface area contributed by atoms with Crippen molar-refractivity contribution in [3.63, 3.8) is 0 Å². The maximum absolute atomic E-state index is 6.59. The van der Waals surface area contributed by atoms with Crippen LogP contribution < -0.4 is 5.73 Å². The van der Waals surface area contributed by atoms with Gasteiger partial charge in [-0.3, -0.25) is 0 Å². The summed E-state index contributed by atoms with van der Waals surface area (Å²) >= 11 is 0. The van der Waals surface area contributed by atoms with Gasteiger partial charge in [-0.05, 0) is 36.0 Å². The molecule has 2 aromatic rings. The van der Waals surface area contributed by atoms with E-state index in [-0.39, 0.29) is 11.5 Å². The van der Waals surface area contributed by atoms with Gasteiger partial charge < -0.3 is 5.73 Å². The van der Waals surface area contributed by atoms with Gasteiger partial charge >= 0.3 is 0 Å². The Morgan fingerprint density at radius 1 is 1.00 bits per heavy atom. The second-order valence-corrected chi connectivity index (χ2v) is 5.99. The fourth-order valence-corrected chi connectivity index (χ4v) is 3.18. The molecule has 104 valence electrons. The average Bonchev–Trinajstić information content (AvgIpc) is 3.30. The van der Waals surface area contributed by atoms with Crippen LogP contribution in [0.25, 0.3) is 0 Å². The summed E-state index contributed by atoms with van der Waals surface area (Å²) in [6.45, 7) is 2.22. The summed E-state index contributed by atoms with van der Waals surface area (Å²) in [4.78, 5) is 0. The predicted octanol–water partition coefficient (Wildman–Crippen LogP) is 4.37. The highest BCUT2D eigenvalue weighted by atomic mass is 14.7. The zero-order chi connectivity index (χ0) is 14.0. The van der Waals surface area contributed by atoms with Gasteiger partial charge in [0.25, 0.3) is 0 Å². The molecule has 0 aliphatic heterocycles. The minimum atomic E-state index is 0.112. The van der Waals surface area contributed by atoms with Crippen molar-refractivity contribution >= 4 is 0 Å². The van der Waals surface area contributed by atoms with Crippen molar-refractivity contribution in [3.05, 3.63) is 71.3 Å². The van der Waals surface area contributed by atoms with Gasteiger partial charge in [0.05, 0.1) is 0 Å². The van der Waals surface area contributed by atoms with Crippen molar-refractivity contribution in [2.75, 3.05) is 0 Å². The Hall–Kier alpha value is -1.60. The van der Waals surface area contributed by atoms with Crippen LogP contribution >= 0.6 is 0 Å². The molecule has 0 heterocycles. The molecule has 3 rings (SSSR count). The maximum Gasteiger partial charge on any atom is 0.0393 e. The van der Waals surface area contributed by atoms with E-state index >= 15 is 0 Å². The van der Waals surface area contributed by atoms with Gasteiger partial charge in [-0.15, -0.1) is 0 Å². The highest BCUT2D eigenvalue weighted by Crippen LogP contribution is 2.55. The smallest absolute Gasteiger partial charge is 0.0393 e. The quantitative estimate of drug-likeness (QED) is 0.853. The fraction of sp³-hybridized carbons (Fsp3) is 0.368. The van der Waals surface area contributed by atoms with Crippen molar-refractivity contribution in [3.8, 4) is 0 Å². The number of hydrogen-bond acceptors (Lipinski definition) is 1. The monoisotopic (exact) mass is 265 g/mol. The van der Waals surface area contributed by atoms with Crippen LogP contribution in [-0.4, -0.2) is 0 Å². The summed E-state index contributed by atoms with van der Waals surface area (Å²) in [5, 5.41) is 0. The molecule has 0 spiro atoms. The molecule has 0 bridgehead atoms. The van der Waals surface area contributed by atoms with E-state index in [0.29, 0.717) is 0 Å². The highest BCUT2D eigenvalue weighted by molar-refractivity contribution is 5.38. The molecule has 2 N–H and O–H groups in total. The van der Waals surface area contributed by atoms with E-state index in [4.69, 9.17) is 5.73 Å². The molecule has 1 aliphatic rings. The van der Waals surface area contributed by atoms with Crippen LogP contribution in [0.1, 0.15) is 48.9 Å². The molecule has 1 heteroatoms. The molecular weight excluding hydrogens is 242 g/mol. The lowest BCUT2D eigenvalue weighted by Crippen LogP contribution is -2.26. The van der Waals surface area contributed by atoms with E-state index in [2.05, 4.69) is 61.5 Å². The first-order chi connectivity index (χ1) is 9.76. The normalized spacial score (nSPS) is 17.7. The number of rotatable bonds is 5. The molecule has 0 aromatic heterocycles. The second kappa shape index (κ2) is 5.41. The highest BCUT2D eigenvalue weighted by Gasteiger charge is 2.49.